The van der Waals surface area contributed by atoms with Crippen LogP contribution in [0.1, 0.15) is 11.4 Å². The van der Waals surface area contributed by atoms with Gasteiger partial charge in [0.1, 0.15) is 6.33 Å². The molecule has 0 bridgehead atoms. The molecule has 0 atom stereocenters. The van der Waals surface area contributed by atoms with Gasteiger partial charge in [0.05, 0.1) is 10.0 Å². The molecule has 0 aliphatic heterocycles. The van der Waals surface area contributed by atoms with Crippen LogP contribution in [0, 0.1) is 0 Å². The molecule has 4 nitrogen and oxygen atoms in total. The number of hydrogen-bond donors (Lipinski definition) is 1. The van der Waals surface area contributed by atoms with Crippen molar-refractivity contribution in [1.82, 2.24) is 20.1 Å². The van der Waals surface area contributed by atoms with E-state index < -0.39 is 0 Å². The van der Waals surface area contributed by atoms with E-state index in [9.17, 15) is 0 Å². The van der Waals surface area contributed by atoms with Gasteiger partial charge in [-0.2, -0.15) is 5.10 Å². The maximum Gasteiger partial charge on any atom is 0.151 e. The number of nitrogens with zero attached hydrogens (tertiary/aromatic N) is 3. The lowest BCUT2D eigenvalue weighted by Gasteiger charge is -2.06. The van der Waals surface area contributed by atoms with Crippen LogP contribution in [0.15, 0.2) is 24.5 Å². The van der Waals surface area contributed by atoms with Crippen LogP contribution in [0.2, 0.25) is 10.0 Å². The number of aryl methyl sites for hydroxylation is 1. The molecule has 2 aromatic rings. The lowest BCUT2D eigenvalue weighted by Crippen LogP contribution is -2.17. The highest BCUT2D eigenvalue weighted by Gasteiger charge is 2.04. The van der Waals surface area contributed by atoms with Crippen molar-refractivity contribution in [2.75, 3.05) is 6.54 Å². The highest BCUT2D eigenvalue weighted by molar-refractivity contribution is 6.42. The third-order valence-electron chi connectivity index (χ3n) is 2.52. The Bertz CT molecular complexity index is 525. The van der Waals surface area contributed by atoms with Crippen LogP contribution in [0.5, 0.6) is 0 Å². The van der Waals surface area contributed by atoms with Gasteiger partial charge >= 0.3 is 0 Å². The van der Waals surface area contributed by atoms with Crippen LogP contribution in [0.3, 0.4) is 0 Å². The number of rotatable bonds is 5. The SMILES string of the molecule is Cn1cnc(CCNCc2cccc(Cl)c2Cl)n1. The first-order chi connectivity index (χ1) is 8.66. The number of halogens is 2. The van der Waals surface area contributed by atoms with Crippen molar-refractivity contribution in [1.29, 1.82) is 0 Å². The lowest BCUT2D eigenvalue weighted by molar-refractivity contribution is 0.661. The van der Waals surface area contributed by atoms with Gasteiger partial charge in [-0.3, -0.25) is 4.68 Å². The maximum absolute atomic E-state index is 6.09. The third-order valence-corrected chi connectivity index (χ3v) is 3.38. The molecule has 1 heterocycles. The molecule has 0 radical (unpaired) electrons. The number of aromatic nitrogens is 3. The molecule has 0 fully saturated rings. The summed E-state index contributed by atoms with van der Waals surface area (Å²) in [5, 5.41) is 8.70. The van der Waals surface area contributed by atoms with E-state index in [1.807, 2.05) is 19.2 Å². The summed E-state index contributed by atoms with van der Waals surface area (Å²) in [4.78, 5) is 4.16. The van der Waals surface area contributed by atoms with Crippen molar-refractivity contribution in [3.63, 3.8) is 0 Å². The first-order valence-electron chi connectivity index (χ1n) is 5.65. The van der Waals surface area contributed by atoms with E-state index in [1.165, 1.54) is 0 Å². The summed E-state index contributed by atoms with van der Waals surface area (Å²) < 4.78 is 1.70. The Labute approximate surface area is 116 Å². The van der Waals surface area contributed by atoms with E-state index >= 15 is 0 Å². The van der Waals surface area contributed by atoms with Gasteiger partial charge in [-0.25, -0.2) is 4.98 Å². The molecule has 1 aromatic carbocycles. The van der Waals surface area contributed by atoms with E-state index in [-0.39, 0.29) is 0 Å². The summed E-state index contributed by atoms with van der Waals surface area (Å²) in [6.07, 6.45) is 2.49. The molecular weight excluding hydrogens is 271 g/mol. The van der Waals surface area contributed by atoms with Crippen molar-refractivity contribution in [2.45, 2.75) is 13.0 Å². The topological polar surface area (TPSA) is 42.7 Å². The summed E-state index contributed by atoms with van der Waals surface area (Å²) in [6, 6.07) is 5.64. The fourth-order valence-corrected chi connectivity index (χ4v) is 1.99. The Morgan fingerprint density at radius 2 is 2.17 bits per heavy atom. The predicted octanol–water partition coefficient (Wildman–Crippen LogP) is 2.45. The van der Waals surface area contributed by atoms with E-state index in [0.29, 0.717) is 16.6 Å². The second-order valence-electron chi connectivity index (χ2n) is 3.97. The Hall–Kier alpha value is -1.10. The number of nitrogens with one attached hydrogen (secondary N) is 1. The van der Waals surface area contributed by atoms with E-state index in [2.05, 4.69) is 15.4 Å². The average Bonchev–Trinajstić information content (AvgIpc) is 2.76. The summed E-state index contributed by atoms with van der Waals surface area (Å²) in [6.45, 7) is 1.49. The Morgan fingerprint density at radius 1 is 1.33 bits per heavy atom. The smallest absolute Gasteiger partial charge is 0.151 e. The largest absolute Gasteiger partial charge is 0.312 e. The van der Waals surface area contributed by atoms with Crippen molar-refractivity contribution in [3.05, 3.63) is 46.0 Å². The minimum atomic E-state index is 0.586. The van der Waals surface area contributed by atoms with Gasteiger partial charge in [-0.15, -0.1) is 0 Å². The molecule has 1 aromatic heterocycles. The zero-order valence-electron chi connectivity index (χ0n) is 10.0. The van der Waals surface area contributed by atoms with Gasteiger partial charge < -0.3 is 5.32 Å². The summed E-state index contributed by atoms with van der Waals surface area (Å²) >= 11 is 12.0. The van der Waals surface area contributed by atoms with Gasteiger partial charge in [0, 0.05) is 26.6 Å². The van der Waals surface area contributed by atoms with Crippen LogP contribution in [0.25, 0.3) is 0 Å². The Morgan fingerprint density at radius 3 is 2.89 bits per heavy atom. The molecule has 0 saturated heterocycles. The molecule has 0 aliphatic rings. The van der Waals surface area contributed by atoms with Gasteiger partial charge in [-0.1, -0.05) is 35.3 Å². The molecule has 1 N–H and O–H groups in total. The Kier molecular flexibility index (Phi) is 4.58. The predicted molar refractivity (Wildman–Crippen MR) is 72.9 cm³/mol. The molecule has 96 valence electrons. The normalized spacial score (nSPS) is 10.8. The van der Waals surface area contributed by atoms with Gasteiger partial charge in [0.15, 0.2) is 5.82 Å². The van der Waals surface area contributed by atoms with Crippen LogP contribution < -0.4 is 5.32 Å². The lowest BCUT2D eigenvalue weighted by atomic mass is 10.2. The standard InChI is InChI=1S/C12H14Cl2N4/c1-18-8-16-11(17-18)5-6-15-7-9-3-2-4-10(13)12(9)14/h2-4,8,15H,5-7H2,1H3. The molecule has 6 heteroatoms. The van der Waals surface area contributed by atoms with E-state index in [0.717, 1.165) is 24.4 Å². The second-order valence-corrected chi connectivity index (χ2v) is 4.76. The summed E-state index contributed by atoms with van der Waals surface area (Å²) in [5.41, 5.74) is 0.998. The molecule has 2 rings (SSSR count). The number of benzene rings is 1. The van der Waals surface area contributed by atoms with Crippen LogP contribution in [-0.2, 0) is 20.0 Å². The van der Waals surface area contributed by atoms with Crippen molar-refractivity contribution < 1.29 is 0 Å². The first-order valence-corrected chi connectivity index (χ1v) is 6.40. The minimum Gasteiger partial charge on any atom is -0.312 e. The fraction of sp³-hybridized carbons (Fsp3) is 0.333. The highest BCUT2D eigenvalue weighted by atomic mass is 35.5. The minimum absolute atomic E-state index is 0.586. The molecule has 0 unspecified atom stereocenters. The van der Waals surface area contributed by atoms with Gasteiger partial charge in [0.25, 0.3) is 0 Å². The fourth-order valence-electron chi connectivity index (χ4n) is 1.61. The zero-order chi connectivity index (χ0) is 13.0. The molecule has 0 amide bonds. The molecule has 0 aliphatic carbocycles. The average molecular weight is 285 g/mol. The van der Waals surface area contributed by atoms with E-state index in [1.54, 1.807) is 17.1 Å². The molecule has 0 spiro atoms. The van der Waals surface area contributed by atoms with Crippen molar-refractivity contribution >= 4 is 23.2 Å². The Balaban J connectivity index is 1.80. The van der Waals surface area contributed by atoms with Crippen molar-refractivity contribution in [2.24, 2.45) is 7.05 Å². The summed E-state index contributed by atoms with van der Waals surface area (Å²) in [7, 11) is 1.86. The molecule has 0 saturated carbocycles. The quantitative estimate of drug-likeness (QED) is 0.858. The maximum atomic E-state index is 6.09. The van der Waals surface area contributed by atoms with Gasteiger partial charge in [0.2, 0.25) is 0 Å². The van der Waals surface area contributed by atoms with Crippen LogP contribution in [0.4, 0.5) is 0 Å². The van der Waals surface area contributed by atoms with E-state index in [4.69, 9.17) is 23.2 Å². The molecule has 18 heavy (non-hydrogen) atoms. The second kappa shape index (κ2) is 6.18. The highest BCUT2D eigenvalue weighted by Crippen LogP contribution is 2.25. The number of hydrogen-bond acceptors (Lipinski definition) is 3. The zero-order valence-corrected chi connectivity index (χ0v) is 11.5. The van der Waals surface area contributed by atoms with Crippen LogP contribution in [-0.4, -0.2) is 21.3 Å². The monoisotopic (exact) mass is 284 g/mol. The van der Waals surface area contributed by atoms with Crippen molar-refractivity contribution in [3.8, 4) is 0 Å². The first kappa shape index (κ1) is 13.3. The third kappa shape index (κ3) is 3.45. The summed E-state index contributed by atoms with van der Waals surface area (Å²) in [5.74, 6) is 0.835. The van der Waals surface area contributed by atoms with Gasteiger partial charge in [-0.05, 0) is 11.6 Å². The van der Waals surface area contributed by atoms with Crippen LogP contribution >= 0.6 is 23.2 Å². The molecular formula is C12H14Cl2N4.